The van der Waals surface area contributed by atoms with Crippen LogP contribution in [0.4, 0.5) is 11.4 Å². The number of aryl methyl sites for hydroxylation is 2. The van der Waals surface area contributed by atoms with Crippen LogP contribution in [-0.2, 0) is 9.59 Å². The minimum atomic E-state index is -0.256. The monoisotopic (exact) mass is 382 g/mol. The molecule has 1 N–H and O–H groups in total. The van der Waals surface area contributed by atoms with Crippen LogP contribution in [-0.4, -0.2) is 31.6 Å². The number of rotatable bonds is 6. The number of benzene rings is 2. The maximum Gasteiger partial charge on any atom is 0.265 e. The van der Waals surface area contributed by atoms with E-state index in [0.717, 1.165) is 22.6 Å². The lowest BCUT2D eigenvalue weighted by molar-refractivity contribution is -0.121. The van der Waals surface area contributed by atoms with E-state index in [4.69, 9.17) is 9.47 Å². The number of para-hydroxylation sites is 1. The molecule has 6 heteroatoms. The van der Waals surface area contributed by atoms with Crippen molar-refractivity contribution in [2.24, 2.45) is 5.92 Å². The maximum atomic E-state index is 12.3. The molecule has 0 aromatic heterocycles. The zero-order valence-electron chi connectivity index (χ0n) is 16.7. The van der Waals surface area contributed by atoms with Crippen LogP contribution in [0.3, 0.4) is 0 Å². The largest absolute Gasteiger partial charge is 0.483 e. The fraction of sp³-hybridized carbons (Fsp3) is 0.364. The van der Waals surface area contributed by atoms with E-state index in [1.165, 1.54) is 0 Å². The second-order valence-electron chi connectivity index (χ2n) is 7.43. The summed E-state index contributed by atoms with van der Waals surface area (Å²) < 4.78 is 11.2. The van der Waals surface area contributed by atoms with Gasteiger partial charge in [0.1, 0.15) is 11.5 Å². The third-order valence-electron chi connectivity index (χ3n) is 4.49. The highest BCUT2D eigenvalue weighted by Crippen LogP contribution is 2.35. The SMILES string of the molecule is Cc1cccc(C)c1OCC(=O)Nc1ccc2c(c1)OCC(=O)N2CC(C)C. The highest BCUT2D eigenvalue weighted by atomic mass is 16.5. The molecule has 148 valence electrons. The molecular weight excluding hydrogens is 356 g/mol. The van der Waals surface area contributed by atoms with Crippen LogP contribution in [0.15, 0.2) is 36.4 Å². The predicted molar refractivity (Wildman–Crippen MR) is 109 cm³/mol. The fourth-order valence-corrected chi connectivity index (χ4v) is 3.21. The number of carbonyl (C=O) groups excluding carboxylic acids is 2. The van der Waals surface area contributed by atoms with Gasteiger partial charge in [-0.25, -0.2) is 0 Å². The van der Waals surface area contributed by atoms with E-state index in [-0.39, 0.29) is 25.0 Å². The Bertz CT molecular complexity index is 872. The third kappa shape index (κ3) is 4.44. The molecule has 0 bridgehead atoms. The Morgan fingerprint density at radius 1 is 1.21 bits per heavy atom. The zero-order chi connectivity index (χ0) is 20.3. The van der Waals surface area contributed by atoms with E-state index in [9.17, 15) is 9.59 Å². The maximum absolute atomic E-state index is 12.3. The van der Waals surface area contributed by atoms with Crippen molar-refractivity contribution in [2.45, 2.75) is 27.7 Å². The van der Waals surface area contributed by atoms with E-state index in [2.05, 4.69) is 19.2 Å². The molecule has 0 aliphatic carbocycles. The Labute approximate surface area is 165 Å². The smallest absolute Gasteiger partial charge is 0.265 e. The molecule has 0 radical (unpaired) electrons. The predicted octanol–water partition coefficient (Wildman–Crippen LogP) is 3.70. The van der Waals surface area contributed by atoms with Crippen LogP contribution in [0.25, 0.3) is 0 Å². The standard InChI is InChI=1S/C22H26N2O4/c1-14(2)11-24-18-9-8-17(10-19(18)27-13-21(24)26)23-20(25)12-28-22-15(3)6-5-7-16(22)4/h5-10,14H,11-13H2,1-4H3,(H,23,25). The van der Waals surface area contributed by atoms with Crippen molar-refractivity contribution in [2.75, 3.05) is 30.0 Å². The summed E-state index contributed by atoms with van der Waals surface area (Å²) in [6.45, 7) is 8.58. The summed E-state index contributed by atoms with van der Waals surface area (Å²) in [5, 5.41) is 2.82. The number of hydrogen-bond acceptors (Lipinski definition) is 4. The second kappa shape index (κ2) is 8.33. The number of carbonyl (C=O) groups is 2. The second-order valence-corrected chi connectivity index (χ2v) is 7.43. The molecule has 0 unspecified atom stereocenters. The minimum absolute atomic E-state index is 0.00674. The topological polar surface area (TPSA) is 67.9 Å². The molecule has 2 aromatic rings. The molecular formula is C22H26N2O4. The number of ether oxygens (including phenoxy) is 2. The number of nitrogens with one attached hydrogen (secondary N) is 1. The van der Waals surface area contributed by atoms with Gasteiger partial charge < -0.3 is 19.7 Å². The summed E-state index contributed by atoms with van der Waals surface area (Å²) in [7, 11) is 0. The van der Waals surface area contributed by atoms with Gasteiger partial charge in [-0.3, -0.25) is 9.59 Å². The molecule has 2 amide bonds. The van der Waals surface area contributed by atoms with Crippen LogP contribution in [0.5, 0.6) is 11.5 Å². The number of hydrogen-bond donors (Lipinski definition) is 1. The third-order valence-corrected chi connectivity index (χ3v) is 4.49. The van der Waals surface area contributed by atoms with Gasteiger partial charge in [-0.15, -0.1) is 0 Å². The Balaban J connectivity index is 1.67. The number of amides is 2. The number of nitrogens with zero attached hydrogens (tertiary/aromatic N) is 1. The van der Waals surface area contributed by atoms with Gasteiger partial charge in [0.05, 0.1) is 5.69 Å². The number of fused-ring (bicyclic) bond motifs is 1. The first-order valence-electron chi connectivity index (χ1n) is 9.41. The zero-order valence-corrected chi connectivity index (χ0v) is 16.7. The van der Waals surface area contributed by atoms with Crippen molar-refractivity contribution >= 4 is 23.2 Å². The molecule has 1 heterocycles. The van der Waals surface area contributed by atoms with E-state index in [1.54, 1.807) is 23.1 Å². The highest BCUT2D eigenvalue weighted by molar-refractivity contribution is 5.99. The number of anilines is 2. The van der Waals surface area contributed by atoms with E-state index in [1.807, 2.05) is 32.0 Å². The van der Waals surface area contributed by atoms with E-state index >= 15 is 0 Å². The highest BCUT2D eigenvalue weighted by Gasteiger charge is 2.26. The van der Waals surface area contributed by atoms with Gasteiger partial charge in [0.25, 0.3) is 11.8 Å². The fourth-order valence-electron chi connectivity index (χ4n) is 3.21. The first kappa shape index (κ1) is 19.7. The molecule has 2 aromatic carbocycles. The molecule has 0 fully saturated rings. The Morgan fingerprint density at radius 3 is 2.61 bits per heavy atom. The molecule has 0 saturated heterocycles. The lowest BCUT2D eigenvalue weighted by Crippen LogP contribution is -2.40. The lowest BCUT2D eigenvalue weighted by atomic mass is 10.1. The molecule has 3 rings (SSSR count). The summed E-state index contributed by atoms with van der Waals surface area (Å²) >= 11 is 0. The first-order chi connectivity index (χ1) is 13.3. The molecule has 0 atom stereocenters. The lowest BCUT2D eigenvalue weighted by Gasteiger charge is -2.31. The summed E-state index contributed by atoms with van der Waals surface area (Å²) in [5.41, 5.74) is 3.32. The van der Waals surface area contributed by atoms with Crippen LogP contribution in [0, 0.1) is 19.8 Å². The van der Waals surface area contributed by atoms with Crippen LogP contribution in [0.1, 0.15) is 25.0 Å². The molecule has 6 nitrogen and oxygen atoms in total. The van der Waals surface area contributed by atoms with Crippen molar-refractivity contribution in [1.82, 2.24) is 0 Å². The summed E-state index contributed by atoms with van der Waals surface area (Å²) in [6, 6.07) is 11.2. The van der Waals surface area contributed by atoms with Crippen molar-refractivity contribution in [1.29, 1.82) is 0 Å². The van der Waals surface area contributed by atoms with Gasteiger partial charge in [-0.05, 0) is 43.0 Å². The average Bonchev–Trinajstić information content (AvgIpc) is 2.63. The van der Waals surface area contributed by atoms with Crippen LogP contribution >= 0.6 is 0 Å². The molecule has 1 aliphatic rings. The average molecular weight is 382 g/mol. The van der Waals surface area contributed by atoms with E-state index < -0.39 is 0 Å². The van der Waals surface area contributed by atoms with Gasteiger partial charge in [-0.1, -0.05) is 32.0 Å². The van der Waals surface area contributed by atoms with Gasteiger partial charge in [-0.2, -0.15) is 0 Å². The van der Waals surface area contributed by atoms with Crippen molar-refractivity contribution in [3.05, 3.63) is 47.5 Å². The Morgan fingerprint density at radius 2 is 1.93 bits per heavy atom. The molecule has 28 heavy (non-hydrogen) atoms. The summed E-state index contributed by atoms with van der Waals surface area (Å²) in [6.07, 6.45) is 0. The molecule has 1 aliphatic heterocycles. The van der Waals surface area contributed by atoms with Crippen molar-refractivity contribution < 1.29 is 19.1 Å². The normalized spacial score (nSPS) is 13.2. The molecule has 0 saturated carbocycles. The van der Waals surface area contributed by atoms with Gasteiger partial charge in [0.2, 0.25) is 0 Å². The minimum Gasteiger partial charge on any atom is -0.483 e. The van der Waals surface area contributed by atoms with Crippen molar-refractivity contribution in [3.63, 3.8) is 0 Å². The van der Waals surface area contributed by atoms with Crippen LogP contribution < -0.4 is 19.7 Å². The Kier molecular flexibility index (Phi) is 5.87. The van der Waals surface area contributed by atoms with Gasteiger partial charge in [0, 0.05) is 18.3 Å². The quantitative estimate of drug-likeness (QED) is 0.827. The first-order valence-corrected chi connectivity index (χ1v) is 9.41. The Hall–Kier alpha value is -3.02. The van der Waals surface area contributed by atoms with Crippen LogP contribution in [0.2, 0.25) is 0 Å². The summed E-state index contributed by atoms with van der Waals surface area (Å²) in [5.74, 6) is 1.35. The van der Waals surface area contributed by atoms with Gasteiger partial charge in [0.15, 0.2) is 13.2 Å². The summed E-state index contributed by atoms with van der Waals surface area (Å²) in [4.78, 5) is 26.2. The molecule has 0 spiro atoms. The van der Waals surface area contributed by atoms with Gasteiger partial charge >= 0.3 is 0 Å². The van der Waals surface area contributed by atoms with E-state index in [0.29, 0.717) is 23.9 Å². The van der Waals surface area contributed by atoms with Crippen molar-refractivity contribution in [3.8, 4) is 11.5 Å².